The monoisotopic (exact) mass is 376 g/mol. The number of aromatic nitrogens is 1. The topological polar surface area (TPSA) is 42.0 Å². The largest absolute Gasteiger partial charge is 0.321 e. The summed E-state index contributed by atoms with van der Waals surface area (Å²) in [6, 6.07) is 12.3. The van der Waals surface area contributed by atoms with E-state index in [1.807, 2.05) is 26.0 Å². The lowest BCUT2D eigenvalue weighted by molar-refractivity contribution is 0.102. The van der Waals surface area contributed by atoms with Crippen molar-refractivity contribution in [2.24, 2.45) is 0 Å². The van der Waals surface area contributed by atoms with Crippen molar-refractivity contribution in [3.05, 3.63) is 68.0 Å². The Balaban J connectivity index is 1.81. The third-order valence-corrected chi connectivity index (χ3v) is 4.95. The minimum atomic E-state index is -0.239. The van der Waals surface area contributed by atoms with Gasteiger partial charge in [0.2, 0.25) is 0 Å². The van der Waals surface area contributed by atoms with Crippen molar-refractivity contribution in [2.75, 3.05) is 5.32 Å². The molecule has 0 saturated heterocycles. The zero-order valence-electron chi connectivity index (χ0n) is 13.1. The molecule has 3 rings (SSSR count). The molecule has 3 aromatic rings. The van der Waals surface area contributed by atoms with E-state index in [4.69, 9.17) is 23.2 Å². The number of hydrogen-bond donors (Lipinski definition) is 1. The van der Waals surface area contributed by atoms with Crippen LogP contribution >= 0.6 is 34.5 Å². The highest BCUT2D eigenvalue weighted by Crippen LogP contribution is 2.28. The number of amides is 1. The average molecular weight is 377 g/mol. The third kappa shape index (κ3) is 3.61. The van der Waals surface area contributed by atoms with E-state index >= 15 is 0 Å². The summed E-state index contributed by atoms with van der Waals surface area (Å²) in [5.74, 6) is -0.239. The molecule has 6 heteroatoms. The van der Waals surface area contributed by atoms with E-state index in [1.54, 1.807) is 41.7 Å². The molecule has 0 atom stereocenters. The van der Waals surface area contributed by atoms with Crippen molar-refractivity contribution >= 4 is 46.1 Å². The Hall–Kier alpha value is -1.88. The fraction of sp³-hybridized carbons (Fsp3) is 0.111. The van der Waals surface area contributed by atoms with E-state index in [0.717, 1.165) is 21.1 Å². The number of aryl methyl sites for hydroxylation is 2. The van der Waals surface area contributed by atoms with Crippen molar-refractivity contribution in [1.29, 1.82) is 0 Å². The van der Waals surface area contributed by atoms with Crippen LogP contribution in [0.3, 0.4) is 0 Å². The Morgan fingerprint density at radius 2 is 1.79 bits per heavy atom. The van der Waals surface area contributed by atoms with Crippen molar-refractivity contribution in [3.8, 4) is 11.3 Å². The van der Waals surface area contributed by atoms with Gasteiger partial charge < -0.3 is 5.32 Å². The van der Waals surface area contributed by atoms with E-state index in [2.05, 4.69) is 10.3 Å². The molecule has 0 aliphatic heterocycles. The van der Waals surface area contributed by atoms with Gasteiger partial charge in [-0.25, -0.2) is 4.98 Å². The van der Waals surface area contributed by atoms with Crippen LogP contribution in [0.2, 0.25) is 10.0 Å². The Kier molecular flexibility index (Phi) is 4.90. The van der Waals surface area contributed by atoms with Gasteiger partial charge in [-0.1, -0.05) is 35.3 Å². The number of halogens is 2. The first-order chi connectivity index (χ1) is 11.4. The second kappa shape index (κ2) is 6.93. The lowest BCUT2D eigenvalue weighted by Crippen LogP contribution is -2.12. The molecule has 1 aromatic heterocycles. The molecule has 0 unspecified atom stereocenters. The van der Waals surface area contributed by atoms with Gasteiger partial charge in [0, 0.05) is 21.0 Å². The van der Waals surface area contributed by atoms with Crippen LogP contribution < -0.4 is 5.32 Å². The van der Waals surface area contributed by atoms with Crippen LogP contribution in [0.5, 0.6) is 0 Å². The summed E-state index contributed by atoms with van der Waals surface area (Å²) in [6.45, 7) is 4.03. The highest BCUT2D eigenvalue weighted by atomic mass is 35.5. The Labute approximate surface area is 154 Å². The molecular weight excluding hydrogens is 363 g/mol. The standard InChI is InChI=1S/C18H14Cl2N2OS/c1-10-17(21-11(2)24-10)12-3-5-13(6-4-12)18(23)22-16-9-14(19)7-8-15(16)20/h3-9H,1-2H3,(H,22,23). The Morgan fingerprint density at radius 3 is 2.42 bits per heavy atom. The molecule has 0 bridgehead atoms. The van der Waals surface area contributed by atoms with Crippen LogP contribution in [-0.4, -0.2) is 10.9 Å². The lowest BCUT2D eigenvalue weighted by Gasteiger charge is -2.08. The minimum absolute atomic E-state index is 0.239. The fourth-order valence-corrected chi connectivity index (χ4v) is 3.54. The quantitative estimate of drug-likeness (QED) is 0.610. The van der Waals surface area contributed by atoms with E-state index in [1.165, 1.54) is 0 Å². The molecule has 0 spiro atoms. The van der Waals surface area contributed by atoms with E-state index in [9.17, 15) is 4.79 Å². The molecule has 1 heterocycles. The van der Waals surface area contributed by atoms with Gasteiger partial charge in [0.15, 0.2) is 0 Å². The first kappa shape index (κ1) is 17.0. The molecule has 1 N–H and O–H groups in total. The maximum absolute atomic E-state index is 12.4. The zero-order chi connectivity index (χ0) is 17.3. The van der Waals surface area contributed by atoms with Crippen LogP contribution in [0, 0.1) is 13.8 Å². The van der Waals surface area contributed by atoms with Crippen LogP contribution in [0.1, 0.15) is 20.2 Å². The number of carbonyl (C=O) groups excluding carboxylic acids is 1. The number of thiazole rings is 1. The summed E-state index contributed by atoms with van der Waals surface area (Å²) < 4.78 is 0. The van der Waals surface area contributed by atoms with Crippen LogP contribution in [-0.2, 0) is 0 Å². The van der Waals surface area contributed by atoms with Gasteiger partial charge in [-0.15, -0.1) is 11.3 Å². The van der Waals surface area contributed by atoms with Crippen LogP contribution in [0.25, 0.3) is 11.3 Å². The Bertz CT molecular complexity index is 904. The summed E-state index contributed by atoms with van der Waals surface area (Å²) in [7, 11) is 0. The highest BCUT2D eigenvalue weighted by Gasteiger charge is 2.11. The fourth-order valence-electron chi connectivity index (χ4n) is 2.36. The second-order valence-corrected chi connectivity index (χ2v) is 7.54. The van der Waals surface area contributed by atoms with Crippen molar-refractivity contribution in [1.82, 2.24) is 4.98 Å². The van der Waals surface area contributed by atoms with Gasteiger partial charge in [-0.3, -0.25) is 4.79 Å². The number of carbonyl (C=O) groups is 1. The normalized spacial score (nSPS) is 10.7. The summed E-state index contributed by atoms with van der Waals surface area (Å²) in [4.78, 5) is 18.1. The SMILES string of the molecule is Cc1nc(-c2ccc(C(=O)Nc3cc(Cl)ccc3Cl)cc2)c(C)s1. The molecule has 0 aliphatic rings. The average Bonchev–Trinajstić information content (AvgIpc) is 2.89. The van der Waals surface area contributed by atoms with Crippen molar-refractivity contribution in [2.45, 2.75) is 13.8 Å². The minimum Gasteiger partial charge on any atom is -0.321 e. The second-order valence-electron chi connectivity index (χ2n) is 5.29. The zero-order valence-corrected chi connectivity index (χ0v) is 15.4. The van der Waals surface area contributed by atoms with Crippen molar-refractivity contribution in [3.63, 3.8) is 0 Å². The van der Waals surface area contributed by atoms with E-state index in [-0.39, 0.29) is 5.91 Å². The summed E-state index contributed by atoms with van der Waals surface area (Å²) in [5.41, 5.74) is 2.99. The molecule has 0 saturated carbocycles. The van der Waals surface area contributed by atoms with Crippen LogP contribution in [0.15, 0.2) is 42.5 Å². The van der Waals surface area contributed by atoms with Gasteiger partial charge in [0.05, 0.1) is 21.4 Å². The molecule has 1 amide bonds. The summed E-state index contributed by atoms with van der Waals surface area (Å²) in [5, 5.41) is 4.76. The molecule has 24 heavy (non-hydrogen) atoms. The maximum atomic E-state index is 12.4. The first-order valence-corrected chi connectivity index (χ1v) is 8.82. The molecular formula is C18H14Cl2N2OS. The van der Waals surface area contributed by atoms with Gasteiger partial charge in [0.25, 0.3) is 5.91 Å². The molecule has 0 fully saturated rings. The van der Waals surface area contributed by atoms with Crippen molar-refractivity contribution < 1.29 is 4.79 Å². The summed E-state index contributed by atoms with van der Waals surface area (Å²) in [6.07, 6.45) is 0. The van der Waals surface area contributed by atoms with E-state index < -0.39 is 0 Å². The lowest BCUT2D eigenvalue weighted by atomic mass is 10.1. The number of rotatable bonds is 3. The van der Waals surface area contributed by atoms with E-state index in [0.29, 0.717) is 21.3 Å². The predicted molar refractivity (Wildman–Crippen MR) is 101 cm³/mol. The van der Waals surface area contributed by atoms with Gasteiger partial charge in [-0.05, 0) is 44.2 Å². The molecule has 0 aliphatic carbocycles. The Morgan fingerprint density at radius 1 is 1.08 bits per heavy atom. The predicted octanol–water partition coefficient (Wildman–Crippen LogP) is 5.99. The van der Waals surface area contributed by atoms with Gasteiger partial charge >= 0.3 is 0 Å². The summed E-state index contributed by atoms with van der Waals surface area (Å²) >= 11 is 13.7. The molecule has 2 aromatic carbocycles. The number of hydrogen-bond acceptors (Lipinski definition) is 3. The maximum Gasteiger partial charge on any atom is 0.255 e. The van der Waals surface area contributed by atoms with Crippen LogP contribution in [0.4, 0.5) is 5.69 Å². The number of nitrogens with one attached hydrogen (secondary N) is 1. The first-order valence-electron chi connectivity index (χ1n) is 7.25. The van der Waals surface area contributed by atoms with Gasteiger partial charge in [-0.2, -0.15) is 0 Å². The molecule has 122 valence electrons. The number of anilines is 1. The highest BCUT2D eigenvalue weighted by molar-refractivity contribution is 7.11. The number of benzene rings is 2. The molecule has 3 nitrogen and oxygen atoms in total. The van der Waals surface area contributed by atoms with Gasteiger partial charge in [0.1, 0.15) is 0 Å². The third-order valence-electron chi connectivity index (χ3n) is 3.50. The number of nitrogens with zero attached hydrogens (tertiary/aromatic N) is 1. The smallest absolute Gasteiger partial charge is 0.255 e. The molecule has 0 radical (unpaired) electrons.